The summed E-state index contributed by atoms with van der Waals surface area (Å²) in [5.41, 5.74) is 2.41. The summed E-state index contributed by atoms with van der Waals surface area (Å²) < 4.78 is 0. The minimum absolute atomic E-state index is 0.103. The molecule has 3 heterocycles. The van der Waals surface area contributed by atoms with Crippen LogP contribution in [0.25, 0.3) is 10.9 Å². The summed E-state index contributed by atoms with van der Waals surface area (Å²) in [7, 11) is 0. The molecule has 29 heavy (non-hydrogen) atoms. The van der Waals surface area contributed by atoms with E-state index in [1.807, 2.05) is 6.07 Å². The van der Waals surface area contributed by atoms with Crippen molar-refractivity contribution in [1.82, 2.24) is 20.1 Å². The molecule has 6 nitrogen and oxygen atoms in total. The first kappa shape index (κ1) is 20.0. The van der Waals surface area contributed by atoms with E-state index in [9.17, 15) is 4.79 Å². The van der Waals surface area contributed by atoms with Crippen molar-refractivity contribution in [2.75, 3.05) is 37.6 Å². The number of fused-ring (bicyclic) bond motifs is 1. The predicted molar refractivity (Wildman–Crippen MR) is 119 cm³/mol. The van der Waals surface area contributed by atoms with Gasteiger partial charge in [-0.1, -0.05) is 43.4 Å². The zero-order chi connectivity index (χ0) is 20.2. The van der Waals surface area contributed by atoms with E-state index in [-0.39, 0.29) is 11.7 Å². The summed E-state index contributed by atoms with van der Waals surface area (Å²) in [5.74, 6) is 0.359. The molecule has 1 aromatic carbocycles. The number of piperazine rings is 1. The number of nitrogens with one attached hydrogen (secondary N) is 1. The van der Waals surface area contributed by atoms with Gasteiger partial charge in [0.15, 0.2) is 10.8 Å². The van der Waals surface area contributed by atoms with E-state index in [1.165, 1.54) is 28.7 Å². The van der Waals surface area contributed by atoms with E-state index in [0.29, 0.717) is 11.4 Å². The van der Waals surface area contributed by atoms with E-state index in [4.69, 9.17) is 0 Å². The molecule has 1 saturated heterocycles. The van der Waals surface area contributed by atoms with Crippen molar-refractivity contribution in [2.45, 2.75) is 33.1 Å². The standard InChI is InChI=1S/C22H29N5OS/c1-3-8-26-9-11-27(12-10-26)22-25-24-21(29-22)20(28)14-16(2)13-17-15-23-19-7-5-4-6-18(17)19/h4-7,15-16,23H,3,8-14H2,1-2H3. The molecule has 0 aliphatic carbocycles. The van der Waals surface area contributed by atoms with Crippen LogP contribution >= 0.6 is 11.3 Å². The van der Waals surface area contributed by atoms with Crippen LogP contribution in [0.2, 0.25) is 0 Å². The van der Waals surface area contributed by atoms with Gasteiger partial charge in [-0.3, -0.25) is 9.69 Å². The van der Waals surface area contributed by atoms with Crippen molar-refractivity contribution >= 4 is 33.2 Å². The maximum atomic E-state index is 12.8. The van der Waals surface area contributed by atoms with E-state index < -0.39 is 0 Å². The van der Waals surface area contributed by atoms with Crippen LogP contribution in [0.3, 0.4) is 0 Å². The molecule has 1 aliphatic rings. The van der Waals surface area contributed by atoms with Crippen LogP contribution in [0.5, 0.6) is 0 Å². The molecule has 154 valence electrons. The summed E-state index contributed by atoms with van der Waals surface area (Å²) in [6.45, 7) is 9.53. The molecule has 0 amide bonds. The second kappa shape index (κ2) is 9.05. The Morgan fingerprint density at radius 1 is 1.21 bits per heavy atom. The lowest BCUT2D eigenvalue weighted by atomic mass is 9.96. The highest BCUT2D eigenvalue weighted by molar-refractivity contribution is 7.17. The topological polar surface area (TPSA) is 65.1 Å². The number of Topliss-reactive ketones (excluding diaryl/α,β-unsaturated/α-hetero) is 1. The molecule has 0 spiro atoms. The minimum Gasteiger partial charge on any atom is -0.361 e. The van der Waals surface area contributed by atoms with Gasteiger partial charge in [-0.05, 0) is 36.9 Å². The monoisotopic (exact) mass is 411 g/mol. The summed E-state index contributed by atoms with van der Waals surface area (Å²) in [5, 5.41) is 11.2. The van der Waals surface area contributed by atoms with Crippen LogP contribution in [0.15, 0.2) is 30.5 Å². The summed E-state index contributed by atoms with van der Waals surface area (Å²) in [4.78, 5) is 20.8. The van der Waals surface area contributed by atoms with Crippen molar-refractivity contribution in [3.63, 3.8) is 0 Å². The Balaban J connectivity index is 1.33. The van der Waals surface area contributed by atoms with Gasteiger partial charge in [0, 0.05) is 49.7 Å². The average molecular weight is 412 g/mol. The Labute approximate surface area is 175 Å². The molecule has 1 aliphatic heterocycles. The van der Waals surface area contributed by atoms with Gasteiger partial charge < -0.3 is 9.88 Å². The number of hydrogen-bond donors (Lipinski definition) is 1. The van der Waals surface area contributed by atoms with E-state index in [0.717, 1.165) is 49.8 Å². The van der Waals surface area contributed by atoms with Gasteiger partial charge >= 0.3 is 0 Å². The SMILES string of the molecule is CCCN1CCN(c2nnc(C(=O)CC(C)Cc3c[nH]c4ccccc34)s2)CC1. The second-order valence-electron chi connectivity index (χ2n) is 8.01. The molecule has 1 atom stereocenters. The largest absolute Gasteiger partial charge is 0.361 e. The highest BCUT2D eigenvalue weighted by Gasteiger charge is 2.22. The van der Waals surface area contributed by atoms with Crippen LogP contribution in [0.4, 0.5) is 5.13 Å². The van der Waals surface area contributed by atoms with E-state index in [1.54, 1.807) is 0 Å². The molecule has 3 aromatic rings. The fraction of sp³-hybridized carbons (Fsp3) is 0.500. The van der Waals surface area contributed by atoms with E-state index in [2.05, 4.69) is 63.2 Å². The van der Waals surface area contributed by atoms with Crippen LogP contribution in [-0.2, 0) is 6.42 Å². The molecule has 1 N–H and O–H groups in total. The van der Waals surface area contributed by atoms with Gasteiger partial charge in [0.25, 0.3) is 0 Å². The number of H-pyrrole nitrogens is 1. The first-order valence-corrected chi connectivity index (χ1v) is 11.3. The third-order valence-corrected chi connectivity index (χ3v) is 6.64. The first-order valence-electron chi connectivity index (χ1n) is 10.5. The van der Waals surface area contributed by atoms with Crippen LogP contribution in [0.1, 0.15) is 42.1 Å². The Hall–Kier alpha value is -2.25. The predicted octanol–water partition coefficient (Wildman–Crippen LogP) is 4.00. The second-order valence-corrected chi connectivity index (χ2v) is 8.97. The van der Waals surface area contributed by atoms with Gasteiger partial charge in [-0.2, -0.15) is 0 Å². The highest BCUT2D eigenvalue weighted by atomic mass is 32.1. The molecule has 7 heteroatoms. The van der Waals surface area contributed by atoms with Crippen molar-refractivity contribution in [1.29, 1.82) is 0 Å². The maximum absolute atomic E-state index is 12.8. The molecule has 4 rings (SSSR count). The van der Waals surface area contributed by atoms with Crippen molar-refractivity contribution in [3.8, 4) is 0 Å². The fourth-order valence-corrected chi connectivity index (χ4v) is 4.93. The molecule has 1 fully saturated rings. The zero-order valence-corrected chi connectivity index (χ0v) is 18.0. The fourth-order valence-electron chi connectivity index (χ4n) is 4.09. The maximum Gasteiger partial charge on any atom is 0.208 e. The molecule has 2 aromatic heterocycles. The summed E-state index contributed by atoms with van der Waals surface area (Å²) >= 11 is 1.44. The Kier molecular flexibility index (Phi) is 6.25. The van der Waals surface area contributed by atoms with Gasteiger partial charge in [-0.25, -0.2) is 0 Å². The van der Waals surface area contributed by atoms with Crippen LogP contribution in [0, 0.1) is 5.92 Å². The van der Waals surface area contributed by atoms with Crippen LogP contribution in [-0.4, -0.2) is 58.6 Å². The number of para-hydroxylation sites is 1. The van der Waals surface area contributed by atoms with Gasteiger partial charge in [-0.15, -0.1) is 10.2 Å². The minimum atomic E-state index is 0.103. The Bertz CT molecular complexity index is 957. The number of nitrogens with zero attached hydrogens (tertiary/aromatic N) is 4. The number of benzene rings is 1. The number of ketones is 1. The van der Waals surface area contributed by atoms with Gasteiger partial charge in [0.2, 0.25) is 5.13 Å². The van der Waals surface area contributed by atoms with E-state index >= 15 is 0 Å². The Morgan fingerprint density at radius 3 is 2.79 bits per heavy atom. The number of hydrogen-bond acceptors (Lipinski definition) is 6. The number of aromatic nitrogens is 3. The number of carbonyl (C=O) groups excluding carboxylic acids is 1. The number of rotatable bonds is 8. The first-order chi connectivity index (χ1) is 14.1. The van der Waals surface area contributed by atoms with Gasteiger partial charge in [0.05, 0.1) is 0 Å². The summed E-state index contributed by atoms with van der Waals surface area (Å²) in [6.07, 6.45) is 4.63. The molecule has 0 saturated carbocycles. The molecule has 1 unspecified atom stereocenters. The van der Waals surface area contributed by atoms with Crippen molar-refractivity contribution < 1.29 is 4.79 Å². The molecular formula is C22H29N5OS. The lowest BCUT2D eigenvalue weighted by Crippen LogP contribution is -2.46. The Morgan fingerprint density at radius 2 is 2.00 bits per heavy atom. The highest BCUT2D eigenvalue weighted by Crippen LogP contribution is 2.26. The quantitative estimate of drug-likeness (QED) is 0.568. The third-order valence-electron chi connectivity index (χ3n) is 5.61. The summed E-state index contributed by atoms with van der Waals surface area (Å²) in [6, 6.07) is 8.30. The average Bonchev–Trinajstić information content (AvgIpc) is 3.37. The molecule has 0 bridgehead atoms. The zero-order valence-electron chi connectivity index (χ0n) is 17.2. The number of aromatic amines is 1. The third kappa shape index (κ3) is 4.67. The molecule has 0 radical (unpaired) electrons. The van der Waals surface area contributed by atoms with Crippen molar-refractivity contribution in [3.05, 3.63) is 41.0 Å². The van der Waals surface area contributed by atoms with Crippen molar-refractivity contribution in [2.24, 2.45) is 5.92 Å². The lowest BCUT2D eigenvalue weighted by Gasteiger charge is -2.34. The smallest absolute Gasteiger partial charge is 0.208 e. The lowest BCUT2D eigenvalue weighted by molar-refractivity contribution is 0.0963. The normalized spacial score (nSPS) is 16.4. The van der Waals surface area contributed by atoms with Crippen LogP contribution < -0.4 is 4.90 Å². The number of carbonyl (C=O) groups is 1. The number of anilines is 1. The van der Waals surface area contributed by atoms with Gasteiger partial charge in [0.1, 0.15) is 0 Å². The molecular weight excluding hydrogens is 382 g/mol.